The molecule has 2 atom stereocenters. The number of benzene rings is 1. The number of carbonyl (C=O) groups is 1. The minimum absolute atomic E-state index is 0.0627. The summed E-state index contributed by atoms with van der Waals surface area (Å²) >= 11 is 0. The van der Waals surface area contributed by atoms with E-state index in [-0.39, 0.29) is 11.6 Å². The Balaban J connectivity index is 1.64. The van der Waals surface area contributed by atoms with Crippen molar-refractivity contribution in [2.75, 3.05) is 6.54 Å². The number of amides is 1. The lowest BCUT2D eigenvalue weighted by molar-refractivity contribution is -0.384. The minimum atomic E-state index is -0.425. The van der Waals surface area contributed by atoms with Crippen molar-refractivity contribution in [1.82, 2.24) is 4.90 Å². The maximum atomic E-state index is 12.4. The van der Waals surface area contributed by atoms with Crippen molar-refractivity contribution in [3.63, 3.8) is 0 Å². The highest BCUT2D eigenvalue weighted by atomic mass is 16.6. The molecule has 0 bridgehead atoms. The van der Waals surface area contributed by atoms with Crippen molar-refractivity contribution in [2.45, 2.75) is 38.1 Å². The van der Waals surface area contributed by atoms with Crippen LogP contribution in [0.25, 0.3) is 6.08 Å². The van der Waals surface area contributed by atoms with Crippen molar-refractivity contribution in [3.8, 4) is 0 Å². The quantitative estimate of drug-likeness (QED) is 0.488. The number of hydrogen-bond donors (Lipinski definition) is 0. The molecule has 5 nitrogen and oxygen atoms in total. The van der Waals surface area contributed by atoms with Gasteiger partial charge in [0, 0.05) is 30.8 Å². The molecule has 0 radical (unpaired) electrons. The molecule has 1 amide bonds. The van der Waals surface area contributed by atoms with Crippen molar-refractivity contribution < 1.29 is 9.72 Å². The fourth-order valence-electron chi connectivity index (χ4n) is 3.65. The molecule has 0 spiro atoms. The van der Waals surface area contributed by atoms with Crippen molar-refractivity contribution in [3.05, 3.63) is 46.0 Å². The summed E-state index contributed by atoms with van der Waals surface area (Å²) in [4.78, 5) is 24.6. The van der Waals surface area contributed by atoms with Gasteiger partial charge in [0.25, 0.3) is 5.69 Å². The lowest BCUT2D eigenvalue weighted by atomic mass is 9.85. The van der Waals surface area contributed by atoms with Crippen molar-refractivity contribution in [2.24, 2.45) is 5.92 Å². The van der Waals surface area contributed by atoms with E-state index < -0.39 is 4.92 Å². The summed E-state index contributed by atoms with van der Waals surface area (Å²) in [6.45, 7) is 0.860. The second kappa shape index (κ2) is 6.30. The van der Waals surface area contributed by atoms with Gasteiger partial charge in [-0.05, 0) is 49.0 Å². The SMILES string of the molecule is O=C(/C=C/c1ccc([N+](=O)[O-])cc1)N1CCC2CCCCC21. The standard InChI is InChI=1S/C17H20N2O3/c20-17(18-12-11-14-3-1-2-4-16(14)18)10-7-13-5-8-15(9-6-13)19(21)22/h5-10,14,16H,1-4,11-12H2/b10-7+. The summed E-state index contributed by atoms with van der Waals surface area (Å²) in [6, 6.07) is 6.65. The summed E-state index contributed by atoms with van der Waals surface area (Å²) in [5, 5.41) is 10.6. The molecule has 1 aromatic carbocycles. The third-order valence-corrected chi connectivity index (χ3v) is 4.82. The van der Waals surface area contributed by atoms with E-state index in [2.05, 4.69) is 0 Å². The zero-order chi connectivity index (χ0) is 15.5. The fourth-order valence-corrected chi connectivity index (χ4v) is 3.65. The second-order valence-corrected chi connectivity index (χ2v) is 6.11. The van der Waals surface area contributed by atoms with Gasteiger partial charge in [-0.25, -0.2) is 0 Å². The van der Waals surface area contributed by atoms with Gasteiger partial charge in [0.05, 0.1) is 4.92 Å². The third kappa shape index (κ3) is 3.03. The van der Waals surface area contributed by atoms with Crippen LogP contribution in [0.1, 0.15) is 37.7 Å². The number of rotatable bonds is 3. The normalized spacial score (nSPS) is 24.5. The minimum Gasteiger partial charge on any atom is -0.336 e. The molecule has 0 N–H and O–H groups in total. The van der Waals surface area contributed by atoms with Gasteiger partial charge in [-0.15, -0.1) is 0 Å². The Morgan fingerprint density at radius 2 is 1.91 bits per heavy atom. The number of hydrogen-bond acceptors (Lipinski definition) is 3. The number of nitrogens with zero attached hydrogens (tertiary/aromatic N) is 2. The number of fused-ring (bicyclic) bond motifs is 1. The Morgan fingerprint density at radius 1 is 1.18 bits per heavy atom. The zero-order valence-corrected chi connectivity index (χ0v) is 12.5. The molecule has 1 aliphatic carbocycles. The van der Waals surface area contributed by atoms with E-state index in [0.29, 0.717) is 12.0 Å². The Kier molecular flexibility index (Phi) is 4.22. The van der Waals surface area contributed by atoms with E-state index >= 15 is 0 Å². The van der Waals surface area contributed by atoms with Crippen LogP contribution in [0.5, 0.6) is 0 Å². The van der Waals surface area contributed by atoms with Crippen LogP contribution in [-0.4, -0.2) is 28.3 Å². The molecule has 1 aromatic rings. The van der Waals surface area contributed by atoms with E-state index in [4.69, 9.17) is 0 Å². The number of non-ortho nitro benzene ring substituents is 1. The van der Waals surface area contributed by atoms with Crippen LogP contribution in [0.3, 0.4) is 0 Å². The molecule has 1 saturated heterocycles. The summed E-state index contributed by atoms with van der Waals surface area (Å²) in [5.74, 6) is 0.748. The van der Waals surface area contributed by atoms with Crippen molar-refractivity contribution >= 4 is 17.7 Å². The Hall–Kier alpha value is -2.17. The lowest BCUT2D eigenvalue weighted by Crippen LogP contribution is -2.38. The van der Waals surface area contributed by atoms with E-state index in [1.807, 2.05) is 4.90 Å². The molecule has 1 saturated carbocycles. The first-order valence-corrected chi connectivity index (χ1v) is 7.88. The van der Waals surface area contributed by atoms with Gasteiger partial charge in [-0.2, -0.15) is 0 Å². The summed E-state index contributed by atoms with van der Waals surface area (Å²) in [6.07, 6.45) is 9.35. The van der Waals surface area contributed by atoms with Gasteiger partial charge in [0.1, 0.15) is 0 Å². The molecule has 1 aliphatic heterocycles. The first-order valence-electron chi connectivity index (χ1n) is 7.88. The molecule has 5 heteroatoms. The number of carbonyl (C=O) groups excluding carboxylic acids is 1. The fraction of sp³-hybridized carbons (Fsp3) is 0.471. The van der Waals surface area contributed by atoms with Crippen LogP contribution < -0.4 is 0 Å². The lowest BCUT2D eigenvalue weighted by Gasteiger charge is -2.31. The molecule has 1 heterocycles. The number of nitro groups is 1. The topological polar surface area (TPSA) is 63.4 Å². The highest BCUT2D eigenvalue weighted by Crippen LogP contribution is 2.36. The van der Waals surface area contributed by atoms with Crippen LogP contribution in [0.2, 0.25) is 0 Å². The number of nitro benzene ring substituents is 1. The zero-order valence-electron chi connectivity index (χ0n) is 12.5. The maximum absolute atomic E-state index is 12.4. The Bertz CT molecular complexity index is 594. The maximum Gasteiger partial charge on any atom is 0.269 e. The largest absolute Gasteiger partial charge is 0.336 e. The third-order valence-electron chi connectivity index (χ3n) is 4.82. The second-order valence-electron chi connectivity index (χ2n) is 6.11. The molecule has 2 unspecified atom stereocenters. The average molecular weight is 300 g/mol. The molecule has 116 valence electrons. The molecule has 2 aliphatic rings. The van der Waals surface area contributed by atoms with E-state index in [1.165, 1.54) is 31.4 Å². The van der Waals surface area contributed by atoms with Gasteiger partial charge in [0.2, 0.25) is 5.91 Å². The van der Waals surface area contributed by atoms with Gasteiger partial charge < -0.3 is 4.90 Å². The van der Waals surface area contributed by atoms with Gasteiger partial charge >= 0.3 is 0 Å². The molecule has 22 heavy (non-hydrogen) atoms. The predicted octanol–water partition coefficient (Wildman–Crippen LogP) is 3.40. The van der Waals surface area contributed by atoms with Crippen LogP contribution in [0, 0.1) is 16.0 Å². The Labute approximate surface area is 129 Å². The van der Waals surface area contributed by atoms with Crippen LogP contribution in [0.15, 0.2) is 30.3 Å². The van der Waals surface area contributed by atoms with Crippen LogP contribution >= 0.6 is 0 Å². The van der Waals surface area contributed by atoms with Gasteiger partial charge in [-0.1, -0.05) is 12.8 Å². The number of likely N-dealkylation sites (tertiary alicyclic amines) is 1. The molecular formula is C17H20N2O3. The monoisotopic (exact) mass is 300 g/mol. The predicted molar refractivity (Wildman–Crippen MR) is 84.2 cm³/mol. The molecule has 0 aromatic heterocycles. The summed E-state index contributed by atoms with van der Waals surface area (Å²) in [7, 11) is 0. The first-order chi connectivity index (χ1) is 10.6. The summed E-state index contributed by atoms with van der Waals surface area (Å²) < 4.78 is 0. The van der Waals surface area contributed by atoms with Crippen molar-refractivity contribution in [1.29, 1.82) is 0 Å². The summed E-state index contributed by atoms with van der Waals surface area (Å²) in [5.41, 5.74) is 0.867. The van der Waals surface area contributed by atoms with E-state index in [0.717, 1.165) is 24.9 Å². The highest BCUT2D eigenvalue weighted by molar-refractivity contribution is 5.92. The van der Waals surface area contributed by atoms with Crippen LogP contribution in [-0.2, 0) is 4.79 Å². The molecular weight excluding hydrogens is 280 g/mol. The van der Waals surface area contributed by atoms with Gasteiger partial charge in [0.15, 0.2) is 0 Å². The van der Waals surface area contributed by atoms with E-state index in [9.17, 15) is 14.9 Å². The molecule has 2 fully saturated rings. The average Bonchev–Trinajstić information content (AvgIpc) is 2.97. The van der Waals surface area contributed by atoms with E-state index in [1.54, 1.807) is 24.3 Å². The van der Waals surface area contributed by atoms with Gasteiger partial charge in [-0.3, -0.25) is 14.9 Å². The van der Waals surface area contributed by atoms with Crippen LogP contribution in [0.4, 0.5) is 5.69 Å². The molecule has 3 rings (SSSR count). The smallest absolute Gasteiger partial charge is 0.269 e. The Morgan fingerprint density at radius 3 is 2.64 bits per heavy atom. The first kappa shape index (κ1) is 14.8. The highest BCUT2D eigenvalue weighted by Gasteiger charge is 2.37.